The Morgan fingerprint density at radius 3 is 2.77 bits per heavy atom. The molecule has 2 N–H and O–H groups in total. The van der Waals surface area contributed by atoms with Gasteiger partial charge in [-0.25, -0.2) is 9.67 Å². The van der Waals surface area contributed by atoms with E-state index < -0.39 is 5.91 Å². The van der Waals surface area contributed by atoms with E-state index in [1.807, 2.05) is 29.8 Å². The van der Waals surface area contributed by atoms with Gasteiger partial charge in [0.1, 0.15) is 5.82 Å². The van der Waals surface area contributed by atoms with Crippen molar-refractivity contribution in [1.82, 2.24) is 19.7 Å². The minimum Gasteiger partial charge on any atom is -0.379 e. The lowest BCUT2D eigenvalue weighted by Crippen LogP contribution is -2.39. The average molecular weight is 378 g/mol. The molecule has 2 aromatic rings. The molecule has 1 saturated heterocycles. The van der Waals surface area contributed by atoms with Gasteiger partial charge in [0.25, 0.3) is 0 Å². The highest BCUT2D eigenvalue weighted by molar-refractivity contribution is 6.31. The second-order valence-electron chi connectivity index (χ2n) is 6.40. The second kappa shape index (κ2) is 8.16. The van der Waals surface area contributed by atoms with E-state index in [1.165, 1.54) is 0 Å². The van der Waals surface area contributed by atoms with Gasteiger partial charge in [-0.3, -0.25) is 9.69 Å². The van der Waals surface area contributed by atoms with E-state index in [4.69, 9.17) is 22.1 Å². The molecule has 1 aromatic carbocycles. The summed E-state index contributed by atoms with van der Waals surface area (Å²) in [5.74, 6) is 0.783. The summed E-state index contributed by atoms with van der Waals surface area (Å²) in [5.41, 5.74) is 7.13. The quantitative estimate of drug-likeness (QED) is 0.832. The zero-order chi connectivity index (χ0) is 18.7. The van der Waals surface area contributed by atoms with Crippen LogP contribution in [0, 0.1) is 6.92 Å². The molecular weight excluding hydrogens is 354 g/mol. The van der Waals surface area contributed by atoms with Crippen molar-refractivity contribution >= 4 is 17.5 Å². The Morgan fingerprint density at radius 2 is 2.12 bits per heavy atom. The maximum atomic E-state index is 11.4. The summed E-state index contributed by atoms with van der Waals surface area (Å²) in [4.78, 5) is 18.4. The maximum absolute atomic E-state index is 11.4. The number of rotatable bonds is 6. The van der Waals surface area contributed by atoms with Crippen LogP contribution >= 0.6 is 11.6 Å². The van der Waals surface area contributed by atoms with Crippen LogP contribution in [0.2, 0.25) is 5.02 Å². The van der Waals surface area contributed by atoms with E-state index in [1.54, 1.807) is 0 Å². The Morgan fingerprint density at radius 1 is 1.38 bits per heavy atom. The van der Waals surface area contributed by atoms with Crippen LogP contribution in [-0.4, -0.2) is 51.9 Å². The highest BCUT2D eigenvalue weighted by atomic mass is 35.5. The number of nitrogens with two attached hydrogens (primary N) is 1. The lowest BCUT2D eigenvalue weighted by atomic mass is 10.1. The third-order valence-corrected chi connectivity index (χ3v) is 5.06. The van der Waals surface area contributed by atoms with Gasteiger partial charge >= 0.3 is 0 Å². The van der Waals surface area contributed by atoms with E-state index in [9.17, 15) is 4.79 Å². The number of nitrogens with zero attached hydrogens (tertiary/aromatic N) is 4. The van der Waals surface area contributed by atoms with Crippen molar-refractivity contribution in [2.24, 2.45) is 5.73 Å². The third kappa shape index (κ3) is 3.90. The first-order valence-electron chi connectivity index (χ1n) is 8.82. The lowest BCUT2D eigenvalue weighted by molar-refractivity contribution is -0.117. The molecule has 7 nitrogen and oxygen atoms in total. The van der Waals surface area contributed by atoms with Gasteiger partial charge in [0.2, 0.25) is 5.91 Å². The van der Waals surface area contributed by atoms with Gasteiger partial charge < -0.3 is 10.5 Å². The van der Waals surface area contributed by atoms with Crippen LogP contribution in [0.3, 0.4) is 0 Å². The van der Waals surface area contributed by atoms with Crippen LogP contribution in [-0.2, 0) is 16.0 Å². The molecule has 1 fully saturated rings. The Balaban J connectivity index is 2.08. The van der Waals surface area contributed by atoms with Gasteiger partial charge in [0.15, 0.2) is 5.82 Å². The predicted molar refractivity (Wildman–Crippen MR) is 99.4 cm³/mol. The van der Waals surface area contributed by atoms with Crippen molar-refractivity contribution in [3.8, 4) is 5.69 Å². The Bertz CT molecular complexity index is 786. The largest absolute Gasteiger partial charge is 0.379 e. The molecule has 0 radical (unpaired) electrons. The molecule has 1 amide bonds. The Labute approximate surface area is 158 Å². The number of primary amides is 1. The molecule has 1 aromatic heterocycles. The summed E-state index contributed by atoms with van der Waals surface area (Å²) in [6, 6.07) is 5.77. The molecule has 1 unspecified atom stereocenters. The Kier molecular flexibility index (Phi) is 5.90. The van der Waals surface area contributed by atoms with Gasteiger partial charge in [-0.05, 0) is 31.0 Å². The summed E-state index contributed by atoms with van der Waals surface area (Å²) in [5, 5.41) is 5.24. The molecule has 26 heavy (non-hydrogen) atoms. The van der Waals surface area contributed by atoms with Gasteiger partial charge in [-0.1, -0.05) is 24.6 Å². The summed E-state index contributed by atoms with van der Waals surface area (Å²) in [7, 11) is 0. The van der Waals surface area contributed by atoms with Crippen molar-refractivity contribution in [1.29, 1.82) is 0 Å². The van der Waals surface area contributed by atoms with Gasteiger partial charge in [0.05, 0.1) is 31.4 Å². The van der Waals surface area contributed by atoms with E-state index >= 15 is 0 Å². The number of hydrogen-bond acceptors (Lipinski definition) is 5. The molecule has 140 valence electrons. The monoisotopic (exact) mass is 377 g/mol. The molecule has 8 heteroatoms. The van der Waals surface area contributed by atoms with Crippen molar-refractivity contribution in [3.63, 3.8) is 0 Å². The first kappa shape index (κ1) is 18.8. The second-order valence-corrected chi connectivity index (χ2v) is 6.80. The van der Waals surface area contributed by atoms with Crippen LogP contribution < -0.4 is 5.73 Å². The molecular formula is C18H24ClN5O2. The van der Waals surface area contributed by atoms with Gasteiger partial charge in [-0.15, -0.1) is 0 Å². The fourth-order valence-electron chi connectivity index (χ4n) is 3.31. The number of ether oxygens (including phenoxy) is 1. The van der Waals surface area contributed by atoms with Crippen molar-refractivity contribution in [2.75, 3.05) is 26.3 Å². The topological polar surface area (TPSA) is 86.3 Å². The highest BCUT2D eigenvalue weighted by Gasteiger charge is 2.28. The summed E-state index contributed by atoms with van der Waals surface area (Å²) in [6.07, 6.45) is 0.882. The summed E-state index contributed by atoms with van der Waals surface area (Å²) >= 11 is 6.31. The first-order valence-corrected chi connectivity index (χ1v) is 9.20. The van der Waals surface area contributed by atoms with Crippen LogP contribution in [0.5, 0.6) is 0 Å². The van der Waals surface area contributed by atoms with Crippen LogP contribution in [0.15, 0.2) is 18.2 Å². The average Bonchev–Trinajstić information content (AvgIpc) is 3.01. The van der Waals surface area contributed by atoms with Crippen molar-refractivity contribution in [2.45, 2.75) is 32.7 Å². The number of morpholine rings is 1. The molecule has 1 atom stereocenters. The fourth-order valence-corrected chi connectivity index (χ4v) is 3.48. The number of halogens is 1. The zero-order valence-corrected chi connectivity index (χ0v) is 15.9. The number of amides is 1. The molecule has 0 aliphatic carbocycles. The third-order valence-electron chi connectivity index (χ3n) is 4.65. The van der Waals surface area contributed by atoms with Crippen molar-refractivity contribution < 1.29 is 9.53 Å². The van der Waals surface area contributed by atoms with Gasteiger partial charge in [-0.2, -0.15) is 5.10 Å². The smallest absolute Gasteiger partial charge is 0.225 e. The molecule has 0 bridgehead atoms. The lowest BCUT2D eigenvalue weighted by Gasteiger charge is -2.33. The minimum atomic E-state index is -0.448. The molecule has 1 aliphatic rings. The fraction of sp³-hybridized carbons (Fsp3) is 0.500. The minimum absolute atomic E-state index is 0.0131. The van der Waals surface area contributed by atoms with Crippen LogP contribution in [0.25, 0.3) is 5.69 Å². The molecule has 2 heterocycles. The number of aromatic nitrogens is 3. The highest BCUT2D eigenvalue weighted by Crippen LogP contribution is 2.29. The van der Waals surface area contributed by atoms with Crippen molar-refractivity contribution in [3.05, 3.63) is 40.4 Å². The number of hydrogen-bond donors (Lipinski definition) is 1. The first-order chi connectivity index (χ1) is 12.5. The van der Waals surface area contributed by atoms with E-state index in [0.717, 1.165) is 36.6 Å². The molecule has 3 rings (SSSR count). The van der Waals surface area contributed by atoms with E-state index in [2.05, 4.69) is 21.9 Å². The maximum Gasteiger partial charge on any atom is 0.225 e. The predicted octanol–water partition coefficient (Wildman–Crippen LogP) is 2.04. The molecule has 0 spiro atoms. The zero-order valence-electron chi connectivity index (χ0n) is 15.1. The van der Waals surface area contributed by atoms with E-state index in [-0.39, 0.29) is 12.5 Å². The van der Waals surface area contributed by atoms with Crippen LogP contribution in [0.1, 0.15) is 36.6 Å². The molecule has 0 saturated carbocycles. The van der Waals surface area contributed by atoms with Gasteiger partial charge in [0, 0.05) is 18.1 Å². The summed E-state index contributed by atoms with van der Waals surface area (Å²) < 4.78 is 7.28. The number of carbonyl (C=O) groups is 1. The molecule has 1 aliphatic heterocycles. The standard InChI is InChI=1S/C18H24ClN5O2/c1-3-14(23-7-9-26-10-8-23)18-21-17(11-16(20)25)22-24(18)15-6-4-5-13(19)12(15)2/h4-6,14H,3,7-11H2,1-2H3,(H2,20,25). The summed E-state index contributed by atoms with van der Waals surface area (Å²) in [6.45, 7) is 7.16. The van der Waals surface area contributed by atoms with Crippen LogP contribution in [0.4, 0.5) is 0 Å². The number of carbonyl (C=O) groups excluding carboxylic acids is 1. The SMILES string of the molecule is CCC(c1nc(CC(N)=O)nn1-c1cccc(Cl)c1C)N1CCOCC1. The van der Waals surface area contributed by atoms with E-state index in [0.29, 0.717) is 24.1 Å². The number of benzene rings is 1. The Hall–Kier alpha value is -1.96. The normalized spacial score (nSPS) is 16.6.